The molecule has 2 rings (SSSR count). The third-order valence-corrected chi connectivity index (χ3v) is 2.81. The van der Waals surface area contributed by atoms with Gasteiger partial charge in [0.15, 0.2) is 0 Å². The zero-order chi connectivity index (χ0) is 12.1. The van der Waals surface area contributed by atoms with Crippen LogP contribution in [0.3, 0.4) is 0 Å². The molecule has 88 valence electrons. The molecule has 1 heterocycles. The maximum absolute atomic E-state index is 6.15. The highest BCUT2D eigenvalue weighted by Crippen LogP contribution is 2.07. The van der Waals surface area contributed by atoms with Gasteiger partial charge in [-0.05, 0) is 37.0 Å². The maximum Gasteiger partial charge on any atom is 0.0372 e. The van der Waals surface area contributed by atoms with E-state index in [2.05, 4.69) is 35.3 Å². The van der Waals surface area contributed by atoms with E-state index in [4.69, 9.17) is 5.73 Å². The van der Waals surface area contributed by atoms with E-state index in [1.807, 2.05) is 25.3 Å². The first-order chi connectivity index (χ1) is 8.24. The lowest BCUT2D eigenvalue weighted by Crippen LogP contribution is -2.25. The van der Waals surface area contributed by atoms with Crippen LogP contribution >= 0.6 is 0 Å². The lowest BCUT2D eigenvalue weighted by molar-refractivity contribution is 0.663. The molecule has 1 atom stereocenters. The summed E-state index contributed by atoms with van der Waals surface area (Å²) in [6, 6.07) is 14.7. The Kier molecular flexibility index (Phi) is 3.89. The smallest absolute Gasteiger partial charge is 0.0372 e. The highest BCUT2D eigenvalue weighted by molar-refractivity contribution is 5.18. The Labute approximate surface area is 103 Å². The standard InChI is InChI=1S/C15H18N2/c1-12-7-8-14(11-17-12)10-15(16)9-13-5-3-2-4-6-13/h2-8,11,15H,9-10,16H2,1H3. The molecule has 2 aromatic rings. The first-order valence-electron chi connectivity index (χ1n) is 5.95. The van der Waals surface area contributed by atoms with Gasteiger partial charge in [0, 0.05) is 17.9 Å². The second kappa shape index (κ2) is 5.60. The first kappa shape index (κ1) is 11.8. The molecule has 0 radical (unpaired) electrons. The van der Waals surface area contributed by atoms with Gasteiger partial charge in [-0.2, -0.15) is 0 Å². The third kappa shape index (κ3) is 3.68. The number of aryl methyl sites for hydroxylation is 1. The molecule has 2 nitrogen and oxygen atoms in total. The second-order valence-electron chi connectivity index (χ2n) is 4.46. The van der Waals surface area contributed by atoms with E-state index in [-0.39, 0.29) is 6.04 Å². The second-order valence-corrected chi connectivity index (χ2v) is 4.46. The van der Waals surface area contributed by atoms with Crippen LogP contribution in [0.5, 0.6) is 0 Å². The molecule has 1 unspecified atom stereocenters. The lowest BCUT2D eigenvalue weighted by Gasteiger charge is -2.11. The van der Waals surface area contributed by atoms with Gasteiger partial charge in [-0.1, -0.05) is 36.4 Å². The fourth-order valence-corrected chi connectivity index (χ4v) is 1.91. The minimum atomic E-state index is 0.155. The van der Waals surface area contributed by atoms with Crippen LogP contribution < -0.4 is 5.73 Å². The van der Waals surface area contributed by atoms with Crippen LogP contribution in [0, 0.1) is 6.92 Å². The summed E-state index contributed by atoms with van der Waals surface area (Å²) in [5.74, 6) is 0. The van der Waals surface area contributed by atoms with Crippen LogP contribution in [0.4, 0.5) is 0 Å². The van der Waals surface area contributed by atoms with Crippen molar-refractivity contribution in [2.24, 2.45) is 5.73 Å². The van der Waals surface area contributed by atoms with Crippen LogP contribution in [-0.4, -0.2) is 11.0 Å². The Balaban J connectivity index is 1.93. The molecule has 2 heteroatoms. The molecule has 0 fully saturated rings. The summed E-state index contributed by atoms with van der Waals surface area (Å²) in [4.78, 5) is 4.28. The molecule has 0 bridgehead atoms. The molecule has 17 heavy (non-hydrogen) atoms. The predicted octanol–water partition coefficient (Wildman–Crippen LogP) is 2.50. The number of rotatable bonds is 4. The fraction of sp³-hybridized carbons (Fsp3) is 0.267. The van der Waals surface area contributed by atoms with Gasteiger partial charge < -0.3 is 5.73 Å². The topological polar surface area (TPSA) is 38.9 Å². The van der Waals surface area contributed by atoms with Crippen molar-refractivity contribution in [2.45, 2.75) is 25.8 Å². The molecule has 0 spiro atoms. The van der Waals surface area contributed by atoms with Gasteiger partial charge in [0.05, 0.1) is 0 Å². The van der Waals surface area contributed by atoms with Crippen molar-refractivity contribution in [3.8, 4) is 0 Å². The molecule has 1 aromatic carbocycles. The van der Waals surface area contributed by atoms with E-state index in [1.165, 1.54) is 11.1 Å². The van der Waals surface area contributed by atoms with Crippen molar-refractivity contribution in [1.29, 1.82) is 0 Å². The highest BCUT2D eigenvalue weighted by atomic mass is 14.7. The van der Waals surface area contributed by atoms with Gasteiger partial charge in [0.1, 0.15) is 0 Å². The number of hydrogen-bond acceptors (Lipinski definition) is 2. The fourth-order valence-electron chi connectivity index (χ4n) is 1.91. The number of pyridine rings is 1. The van der Waals surface area contributed by atoms with Gasteiger partial charge in [-0.15, -0.1) is 0 Å². The van der Waals surface area contributed by atoms with Crippen LogP contribution in [0.25, 0.3) is 0 Å². The first-order valence-corrected chi connectivity index (χ1v) is 5.95. The molecule has 0 saturated heterocycles. The van der Waals surface area contributed by atoms with E-state index in [9.17, 15) is 0 Å². The van der Waals surface area contributed by atoms with Crippen LogP contribution in [0.2, 0.25) is 0 Å². The van der Waals surface area contributed by atoms with E-state index in [0.29, 0.717) is 0 Å². The molecule has 0 amide bonds. The molecule has 0 aliphatic rings. The van der Waals surface area contributed by atoms with Crippen molar-refractivity contribution < 1.29 is 0 Å². The summed E-state index contributed by atoms with van der Waals surface area (Å²) in [5.41, 5.74) is 9.69. The van der Waals surface area contributed by atoms with Gasteiger partial charge >= 0.3 is 0 Å². The minimum absolute atomic E-state index is 0.155. The van der Waals surface area contributed by atoms with Crippen molar-refractivity contribution >= 4 is 0 Å². The molecular weight excluding hydrogens is 208 g/mol. The molecule has 0 aliphatic carbocycles. The molecule has 0 aliphatic heterocycles. The van der Waals surface area contributed by atoms with Crippen molar-refractivity contribution in [1.82, 2.24) is 4.98 Å². The Morgan fingerprint density at radius 3 is 2.35 bits per heavy atom. The van der Waals surface area contributed by atoms with Crippen LogP contribution in [-0.2, 0) is 12.8 Å². The molecule has 1 aromatic heterocycles. The van der Waals surface area contributed by atoms with E-state index < -0.39 is 0 Å². The Morgan fingerprint density at radius 1 is 1.00 bits per heavy atom. The van der Waals surface area contributed by atoms with E-state index in [1.54, 1.807) is 0 Å². The average molecular weight is 226 g/mol. The van der Waals surface area contributed by atoms with Crippen molar-refractivity contribution in [3.63, 3.8) is 0 Å². The van der Waals surface area contributed by atoms with E-state index >= 15 is 0 Å². The summed E-state index contributed by atoms with van der Waals surface area (Å²) in [7, 11) is 0. The quantitative estimate of drug-likeness (QED) is 0.870. The Bertz CT molecular complexity index is 448. The van der Waals surface area contributed by atoms with Crippen molar-refractivity contribution in [2.75, 3.05) is 0 Å². The molecular formula is C15H18N2. The number of nitrogens with two attached hydrogens (primary N) is 1. The normalized spacial score (nSPS) is 12.4. The van der Waals surface area contributed by atoms with E-state index in [0.717, 1.165) is 18.5 Å². The zero-order valence-corrected chi connectivity index (χ0v) is 10.1. The Hall–Kier alpha value is -1.67. The number of benzene rings is 1. The monoisotopic (exact) mass is 226 g/mol. The van der Waals surface area contributed by atoms with Gasteiger partial charge in [0.2, 0.25) is 0 Å². The average Bonchev–Trinajstić information content (AvgIpc) is 2.33. The summed E-state index contributed by atoms with van der Waals surface area (Å²) in [6.45, 7) is 1.99. The lowest BCUT2D eigenvalue weighted by atomic mass is 10.0. The summed E-state index contributed by atoms with van der Waals surface area (Å²) < 4.78 is 0. The third-order valence-electron chi connectivity index (χ3n) is 2.81. The molecule has 2 N–H and O–H groups in total. The van der Waals surface area contributed by atoms with Crippen LogP contribution in [0.1, 0.15) is 16.8 Å². The maximum atomic E-state index is 6.15. The van der Waals surface area contributed by atoms with Gasteiger partial charge in [-0.3, -0.25) is 4.98 Å². The highest BCUT2D eigenvalue weighted by Gasteiger charge is 2.05. The van der Waals surface area contributed by atoms with Gasteiger partial charge in [0.25, 0.3) is 0 Å². The van der Waals surface area contributed by atoms with Crippen LogP contribution in [0.15, 0.2) is 48.7 Å². The van der Waals surface area contributed by atoms with Gasteiger partial charge in [-0.25, -0.2) is 0 Å². The summed E-state index contributed by atoms with van der Waals surface area (Å²) in [5, 5.41) is 0. The minimum Gasteiger partial charge on any atom is -0.327 e. The predicted molar refractivity (Wildman–Crippen MR) is 70.8 cm³/mol. The largest absolute Gasteiger partial charge is 0.327 e. The SMILES string of the molecule is Cc1ccc(CC(N)Cc2ccccc2)cn1. The summed E-state index contributed by atoms with van der Waals surface area (Å²) in [6.07, 6.45) is 3.71. The summed E-state index contributed by atoms with van der Waals surface area (Å²) >= 11 is 0. The number of hydrogen-bond donors (Lipinski definition) is 1. The number of aromatic nitrogens is 1. The number of nitrogens with zero attached hydrogens (tertiary/aromatic N) is 1. The zero-order valence-electron chi connectivity index (χ0n) is 10.1. The molecule has 0 saturated carbocycles. The Morgan fingerprint density at radius 2 is 1.71 bits per heavy atom. The van der Waals surface area contributed by atoms with Crippen molar-refractivity contribution in [3.05, 3.63) is 65.5 Å².